The van der Waals surface area contributed by atoms with E-state index in [1.807, 2.05) is 18.2 Å². The van der Waals surface area contributed by atoms with Gasteiger partial charge < -0.3 is 9.90 Å². The number of rotatable bonds is 3. The molecule has 16 heavy (non-hydrogen) atoms. The van der Waals surface area contributed by atoms with Crippen LogP contribution in [-0.4, -0.2) is 11.4 Å². The second-order valence-corrected chi connectivity index (χ2v) is 5.13. The highest BCUT2D eigenvalue weighted by atomic mass is 16.3. The van der Waals surface area contributed by atoms with E-state index in [9.17, 15) is 9.90 Å². The maximum atomic E-state index is 11.0. The highest BCUT2D eigenvalue weighted by Crippen LogP contribution is 2.64. The molecule has 0 heterocycles. The van der Waals surface area contributed by atoms with E-state index in [0.717, 1.165) is 18.3 Å². The summed E-state index contributed by atoms with van der Waals surface area (Å²) in [5, 5.41) is 9.95. The van der Waals surface area contributed by atoms with E-state index in [1.165, 1.54) is 19.3 Å². The summed E-state index contributed by atoms with van der Waals surface area (Å²) in [6, 6.07) is 7.51. The van der Waals surface area contributed by atoms with Gasteiger partial charge in [-0.2, -0.15) is 0 Å². The molecule has 2 saturated carbocycles. The van der Waals surface area contributed by atoms with E-state index < -0.39 is 0 Å². The van der Waals surface area contributed by atoms with Gasteiger partial charge in [0.15, 0.2) is 0 Å². The molecular formula is C14H16O2. The summed E-state index contributed by atoms with van der Waals surface area (Å²) < 4.78 is 0. The topological polar surface area (TPSA) is 37.3 Å². The van der Waals surface area contributed by atoms with E-state index in [4.69, 9.17) is 0 Å². The van der Waals surface area contributed by atoms with Crippen molar-refractivity contribution in [3.8, 4) is 5.75 Å². The zero-order valence-electron chi connectivity index (χ0n) is 9.23. The van der Waals surface area contributed by atoms with Crippen molar-refractivity contribution < 1.29 is 9.90 Å². The van der Waals surface area contributed by atoms with Crippen molar-refractivity contribution in [2.75, 3.05) is 0 Å². The Balaban J connectivity index is 2.01. The molecule has 2 heteroatoms. The van der Waals surface area contributed by atoms with E-state index >= 15 is 0 Å². The van der Waals surface area contributed by atoms with Crippen molar-refractivity contribution in [2.24, 2.45) is 11.8 Å². The first-order valence-corrected chi connectivity index (χ1v) is 6.03. The Kier molecular flexibility index (Phi) is 2.06. The van der Waals surface area contributed by atoms with Crippen molar-refractivity contribution in [3.05, 3.63) is 29.8 Å². The number of carbonyl (C=O) groups excluding carboxylic acids is 1. The van der Waals surface area contributed by atoms with Crippen LogP contribution in [0.5, 0.6) is 5.75 Å². The predicted molar refractivity (Wildman–Crippen MR) is 61.3 cm³/mol. The first kappa shape index (κ1) is 9.88. The molecule has 1 aromatic rings. The smallest absolute Gasteiger partial charge is 0.124 e. The monoisotopic (exact) mass is 216 g/mol. The summed E-state index contributed by atoms with van der Waals surface area (Å²) in [6.45, 7) is 0. The second-order valence-electron chi connectivity index (χ2n) is 5.13. The third-order valence-corrected chi connectivity index (χ3v) is 4.46. The van der Waals surface area contributed by atoms with Gasteiger partial charge >= 0.3 is 0 Å². The number of hydrogen-bond acceptors (Lipinski definition) is 2. The van der Waals surface area contributed by atoms with Gasteiger partial charge in [0, 0.05) is 16.9 Å². The zero-order chi connectivity index (χ0) is 11.2. The van der Waals surface area contributed by atoms with Crippen molar-refractivity contribution in [3.63, 3.8) is 0 Å². The van der Waals surface area contributed by atoms with Crippen LogP contribution in [0.1, 0.15) is 31.2 Å². The highest BCUT2D eigenvalue weighted by Gasteiger charge is 2.61. The number of benzene rings is 1. The van der Waals surface area contributed by atoms with Gasteiger partial charge in [-0.05, 0) is 31.2 Å². The van der Waals surface area contributed by atoms with Gasteiger partial charge in [0.25, 0.3) is 0 Å². The van der Waals surface area contributed by atoms with E-state index in [0.29, 0.717) is 11.7 Å². The molecule has 2 aliphatic carbocycles. The zero-order valence-corrected chi connectivity index (χ0v) is 9.23. The third kappa shape index (κ3) is 1.16. The number of para-hydroxylation sites is 1. The Hall–Kier alpha value is -1.31. The number of aldehydes is 1. The lowest BCUT2D eigenvalue weighted by molar-refractivity contribution is -0.109. The van der Waals surface area contributed by atoms with Crippen LogP contribution >= 0.6 is 0 Å². The van der Waals surface area contributed by atoms with Crippen LogP contribution in [0, 0.1) is 11.8 Å². The van der Waals surface area contributed by atoms with Gasteiger partial charge in [-0.3, -0.25) is 0 Å². The van der Waals surface area contributed by atoms with Crippen LogP contribution in [0.4, 0.5) is 0 Å². The molecule has 0 saturated heterocycles. The summed E-state index contributed by atoms with van der Waals surface area (Å²) in [7, 11) is 0. The van der Waals surface area contributed by atoms with E-state index in [-0.39, 0.29) is 11.3 Å². The van der Waals surface area contributed by atoms with Gasteiger partial charge in [-0.25, -0.2) is 0 Å². The summed E-state index contributed by atoms with van der Waals surface area (Å²) in [5.74, 6) is 1.10. The molecule has 1 N–H and O–H groups in total. The lowest BCUT2D eigenvalue weighted by atomic mass is 9.69. The van der Waals surface area contributed by atoms with Crippen molar-refractivity contribution in [2.45, 2.75) is 31.1 Å². The van der Waals surface area contributed by atoms with E-state index in [1.54, 1.807) is 6.07 Å². The molecule has 0 amide bonds. The average Bonchev–Trinajstić information content (AvgIpc) is 2.91. The number of phenols is 1. The Labute approximate surface area is 95.3 Å². The predicted octanol–water partition coefficient (Wildman–Crippen LogP) is 2.65. The fourth-order valence-electron chi connectivity index (χ4n) is 3.26. The number of hydrogen-bond donors (Lipinski definition) is 1. The molecule has 0 spiro atoms. The Morgan fingerprint density at radius 2 is 2.06 bits per heavy atom. The molecule has 0 aromatic heterocycles. The lowest BCUT2D eigenvalue weighted by Gasteiger charge is -2.35. The van der Waals surface area contributed by atoms with Gasteiger partial charge in [0.2, 0.25) is 0 Å². The van der Waals surface area contributed by atoms with Crippen LogP contribution in [0.3, 0.4) is 0 Å². The lowest BCUT2D eigenvalue weighted by Crippen LogP contribution is -2.29. The molecule has 0 radical (unpaired) electrons. The van der Waals surface area contributed by atoms with Gasteiger partial charge in [0.1, 0.15) is 12.0 Å². The summed E-state index contributed by atoms with van der Waals surface area (Å²) >= 11 is 0. The van der Waals surface area contributed by atoms with Crippen molar-refractivity contribution in [1.29, 1.82) is 0 Å². The van der Waals surface area contributed by atoms with Gasteiger partial charge in [-0.15, -0.1) is 0 Å². The maximum absolute atomic E-state index is 11.0. The van der Waals surface area contributed by atoms with Crippen LogP contribution < -0.4 is 0 Å². The molecule has 2 nitrogen and oxygen atoms in total. The third-order valence-electron chi connectivity index (χ3n) is 4.46. The molecule has 2 unspecified atom stereocenters. The minimum atomic E-state index is -0.0225. The van der Waals surface area contributed by atoms with Crippen molar-refractivity contribution in [1.82, 2.24) is 0 Å². The maximum Gasteiger partial charge on any atom is 0.124 e. The second kappa shape index (κ2) is 3.34. The normalized spacial score (nSPS) is 33.1. The van der Waals surface area contributed by atoms with Crippen LogP contribution in [0.15, 0.2) is 24.3 Å². The Bertz CT molecular complexity index is 422. The first-order chi connectivity index (χ1) is 7.79. The van der Waals surface area contributed by atoms with Crippen LogP contribution in [-0.2, 0) is 10.2 Å². The number of phenolic OH excluding ortho intramolecular Hbond substituents is 1. The highest BCUT2D eigenvalue weighted by molar-refractivity contribution is 5.66. The standard InChI is InChI=1S/C14H16O2/c15-9-11-8-14(11,10-4-3-5-10)12-6-1-2-7-13(12)16/h1-2,6-7,9-11,16H,3-5,8H2. The number of carbonyl (C=O) groups is 1. The molecule has 1 aromatic carbocycles. The Morgan fingerprint density at radius 1 is 1.31 bits per heavy atom. The summed E-state index contributed by atoms with van der Waals surface area (Å²) in [5.41, 5.74) is 0.975. The fraction of sp³-hybridized carbons (Fsp3) is 0.500. The minimum absolute atomic E-state index is 0.0225. The molecule has 2 atom stereocenters. The largest absolute Gasteiger partial charge is 0.508 e. The van der Waals surface area contributed by atoms with Gasteiger partial charge in [0.05, 0.1) is 0 Å². The summed E-state index contributed by atoms with van der Waals surface area (Å²) in [6.07, 6.45) is 5.69. The average molecular weight is 216 g/mol. The van der Waals surface area contributed by atoms with Gasteiger partial charge in [-0.1, -0.05) is 24.6 Å². The minimum Gasteiger partial charge on any atom is -0.508 e. The molecule has 2 fully saturated rings. The quantitative estimate of drug-likeness (QED) is 0.789. The molecule has 84 valence electrons. The molecule has 0 bridgehead atoms. The molecule has 2 aliphatic rings. The van der Waals surface area contributed by atoms with E-state index in [2.05, 4.69) is 0 Å². The fourth-order valence-corrected chi connectivity index (χ4v) is 3.26. The molecular weight excluding hydrogens is 200 g/mol. The Morgan fingerprint density at radius 3 is 2.56 bits per heavy atom. The number of aromatic hydroxyl groups is 1. The van der Waals surface area contributed by atoms with Crippen molar-refractivity contribution >= 4 is 6.29 Å². The molecule has 0 aliphatic heterocycles. The van der Waals surface area contributed by atoms with Crippen LogP contribution in [0.25, 0.3) is 0 Å². The first-order valence-electron chi connectivity index (χ1n) is 6.03. The van der Waals surface area contributed by atoms with Crippen LogP contribution in [0.2, 0.25) is 0 Å². The SMILES string of the molecule is O=CC1CC1(c1ccccc1O)C1CCC1. The molecule has 3 rings (SSSR count). The summed E-state index contributed by atoms with van der Waals surface area (Å²) in [4.78, 5) is 11.0.